The SMILES string of the molecule is C=C(C)N(c1ccccc1C)c1c(C#N)c(-n2c3c(c4cc(-c5ccc(CCC)cc5)ccc42)CCC=C3)c(C#N)c(-n2c3ccccc3c3cc(-c4ccc(CCC)cc4)ccc32)c1C#N.CC. The van der Waals surface area contributed by atoms with Crippen LogP contribution in [-0.4, -0.2) is 9.13 Å². The van der Waals surface area contributed by atoms with Crippen LogP contribution in [0.2, 0.25) is 0 Å². The summed E-state index contributed by atoms with van der Waals surface area (Å²) in [5.74, 6) is 0. The Bertz CT molecular complexity index is 3610. The Kier molecular flexibility index (Phi) is 12.9. The molecule has 0 radical (unpaired) electrons. The van der Waals surface area contributed by atoms with Crippen molar-refractivity contribution in [1.29, 1.82) is 15.8 Å². The molecule has 0 fully saturated rings. The molecule has 338 valence electrons. The number of nitriles is 3. The quantitative estimate of drug-likeness (QED) is 0.129. The van der Waals surface area contributed by atoms with Crippen molar-refractivity contribution in [2.45, 2.75) is 80.1 Å². The number of nitrogens with zero attached hydrogens (tertiary/aromatic N) is 6. The second-order valence-electron chi connectivity index (χ2n) is 17.7. The van der Waals surface area contributed by atoms with Gasteiger partial charge < -0.3 is 14.0 Å². The van der Waals surface area contributed by atoms with E-state index < -0.39 is 0 Å². The van der Waals surface area contributed by atoms with E-state index in [9.17, 15) is 15.8 Å². The normalized spacial score (nSPS) is 11.7. The van der Waals surface area contributed by atoms with Gasteiger partial charge in [0.15, 0.2) is 0 Å². The van der Waals surface area contributed by atoms with E-state index in [0.29, 0.717) is 22.8 Å². The summed E-state index contributed by atoms with van der Waals surface area (Å²) in [6, 6.07) is 54.6. The molecule has 0 atom stereocenters. The number of aryl methyl sites for hydroxylation is 4. The molecule has 7 aromatic carbocycles. The van der Waals surface area contributed by atoms with E-state index in [2.05, 4.69) is 157 Å². The van der Waals surface area contributed by atoms with Gasteiger partial charge in [-0.15, -0.1) is 0 Å². The smallest absolute Gasteiger partial charge is 0.104 e. The largest absolute Gasteiger partial charge is 0.312 e. The van der Waals surface area contributed by atoms with Gasteiger partial charge in [-0.2, -0.15) is 15.8 Å². The summed E-state index contributed by atoms with van der Waals surface area (Å²) < 4.78 is 4.19. The summed E-state index contributed by atoms with van der Waals surface area (Å²) in [6.45, 7) is 16.8. The number of rotatable bonds is 11. The molecule has 0 spiro atoms. The lowest BCUT2D eigenvalue weighted by atomic mass is 9.94. The third-order valence-electron chi connectivity index (χ3n) is 13.4. The van der Waals surface area contributed by atoms with Crippen LogP contribution in [0.15, 0.2) is 152 Å². The van der Waals surface area contributed by atoms with E-state index in [-0.39, 0.29) is 16.7 Å². The van der Waals surface area contributed by atoms with Crippen molar-refractivity contribution < 1.29 is 0 Å². The Balaban J connectivity index is 0.00000293. The van der Waals surface area contributed by atoms with Gasteiger partial charge in [-0.25, -0.2) is 0 Å². The molecule has 0 saturated heterocycles. The molecule has 0 N–H and O–H groups in total. The number of fused-ring (bicyclic) bond motifs is 6. The zero-order valence-electron chi connectivity index (χ0n) is 40.5. The van der Waals surface area contributed by atoms with Gasteiger partial charge in [0.2, 0.25) is 0 Å². The molecule has 1 aliphatic carbocycles. The Morgan fingerprint density at radius 3 is 1.67 bits per heavy atom. The van der Waals surface area contributed by atoms with Crippen LogP contribution in [-0.2, 0) is 19.3 Å². The van der Waals surface area contributed by atoms with Crippen molar-refractivity contribution in [1.82, 2.24) is 9.13 Å². The predicted octanol–water partition coefficient (Wildman–Crippen LogP) is 16.5. The zero-order chi connectivity index (χ0) is 48.3. The first-order chi connectivity index (χ1) is 33.8. The molecule has 0 saturated carbocycles. The van der Waals surface area contributed by atoms with Crippen molar-refractivity contribution in [2.24, 2.45) is 0 Å². The number of benzene rings is 7. The molecule has 6 heteroatoms. The fourth-order valence-electron chi connectivity index (χ4n) is 10.4. The molecule has 2 heterocycles. The summed E-state index contributed by atoms with van der Waals surface area (Å²) in [4.78, 5) is 1.93. The maximum absolute atomic E-state index is 11.8. The van der Waals surface area contributed by atoms with Crippen molar-refractivity contribution in [3.63, 3.8) is 0 Å². The molecule has 2 aromatic heterocycles. The third-order valence-corrected chi connectivity index (χ3v) is 13.4. The average Bonchev–Trinajstić information content (AvgIpc) is 3.89. The van der Waals surface area contributed by atoms with Crippen LogP contribution in [0.25, 0.3) is 72.4 Å². The lowest BCUT2D eigenvalue weighted by Gasteiger charge is -2.31. The average molecular weight is 897 g/mol. The molecule has 1 aliphatic rings. The number of hydrogen-bond acceptors (Lipinski definition) is 4. The van der Waals surface area contributed by atoms with Gasteiger partial charge in [0.05, 0.1) is 33.6 Å². The van der Waals surface area contributed by atoms with Crippen LogP contribution in [0, 0.1) is 40.9 Å². The molecule has 0 amide bonds. The molecule has 10 rings (SSSR count). The molecule has 9 aromatic rings. The standard InChI is InChI=1S/C61H50N6.C2H6/c1-6-14-41-22-26-43(27-23-41)45-30-32-57-49(34-45)47-17-9-12-20-55(47)66(57)60-51(36-62)59(65(39(3)4)54-19-11-8-16-40(54)5)52(37-63)61(53(60)38-64)67-56-21-13-10-18-48(56)50-35-46(31-33-58(50)67)44-28-24-42(15-7-2)25-29-44;1-2/h8-9,11-13,16-17,19-35H,3,6-7,10,14-15,18H2,1-2,4-5H3;1-2H3. The lowest BCUT2D eigenvalue weighted by Crippen LogP contribution is -2.21. The monoisotopic (exact) mass is 896 g/mol. The van der Waals surface area contributed by atoms with Gasteiger partial charge >= 0.3 is 0 Å². The van der Waals surface area contributed by atoms with E-state index in [1.54, 1.807) is 0 Å². The number of aromatic nitrogens is 2. The topological polar surface area (TPSA) is 84.5 Å². The van der Waals surface area contributed by atoms with Crippen LogP contribution < -0.4 is 4.90 Å². The van der Waals surface area contributed by atoms with Crippen LogP contribution >= 0.6 is 0 Å². The predicted molar refractivity (Wildman–Crippen MR) is 287 cm³/mol. The Labute approximate surface area is 406 Å². The minimum absolute atomic E-state index is 0.205. The number of para-hydroxylation sites is 2. The van der Waals surface area contributed by atoms with Crippen molar-refractivity contribution in [2.75, 3.05) is 4.90 Å². The van der Waals surface area contributed by atoms with E-state index >= 15 is 0 Å². The molecule has 0 bridgehead atoms. The Morgan fingerprint density at radius 1 is 0.594 bits per heavy atom. The first-order valence-electron chi connectivity index (χ1n) is 24.3. The van der Waals surface area contributed by atoms with Crippen molar-refractivity contribution in [3.8, 4) is 51.8 Å². The highest BCUT2D eigenvalue weighted by Crippen LogP contribution is 2.48. The third kappa shape index (κ3) is 7.87. The molecule has 69 heavy (non-hydrogen) atoms. The van der Waals surface area contributed by atoms with Gasteiger partial charge in [-0.3, -0.25) is 0 Å². The first-order valence-corrected chi connectivity index (χ1v) is 24.3. The van der Waals surface area contributed by atoms with Gasteiger partial charge in [-0.05, 0) is 127 Å². The fraction of sp³-hybridized carbons (Fsp3) is 0.190. The van der Waals surface area contributed by atoms with Crippen LogP contribution in [0.1, 0.15) is 98.5 Å². The minimum Gasteiger partial charge on any atom is -0.312 e. The van der Waals surface area contributed by atoms with E-state index in [1.807, 2.05) is 69.0 Å². The summed E-state index contributed by atoms with van der Waals surface area (Å²) in [7, 11) is 0. The highest BCUT2D eigenvalue weighted by Gasteiger charge is 2.34. The van der Waals surface area contributed by atoms with Crippen LogP contribution in [0.4, 0.5) is 11.4 Å². The second-order valence-corrected chi connectivity index (χ2v) is 17.7. The molecule has 6 nitrogen and oxygen atoms in total. The first kappa shape index (κ1) is 45.8. The number of anilines is 2. The van der Waals surface area contributed by atoms with Crippen molar-refractivity contribution >= 4 is 50.2 Å². The van der Waals surface area contributed by atoms with Crippen molar-refractivity contribution in [3.05, 3.63) is 196 Å². The molecule has 0 unspecified atom stereocenters. The number of allylic oxidation sites excluding steroid dienone is 2. The van der Waals surface area contributed by atoms with Gasteiger partial charge in [0, 0.05) is 33.2 Å². The van der Waals surface area contributed by atoms with E-state index in [1.165, 1.54) is 11.1 Å². The Hall–Kier alpha value is -8.37. The lowest BCUT2D eigenvalue weighted by molar-refractivity contribution is 0.922. The molecular formula is C63H56N6. The van der Waals surface area contributed by atoms with Gasteiger partial charge in [-0.1, -0.05) is 150 Å². The highest BCUT2D eigenvalue weighted by molar-refractivity contribution is 6.11. The second kappa shape index (κ2) is 19.5. The maximum atomic E-state index is 11.8. The summed E-state index contributed by atoms with van der Waals surface area (Å²) >= 11 is 0. The van der Waals surface area contributed by atoms with E-state index in [0.717, 1.165) is 116 Å². The zero-order valence-corrected chi connectivity index (χ0v) is 40.5. The molecule has 0 aliphatic heterocycles. The minimum atomic E-state index is 0.205. The summed E-state index contributed by atoms with van der Waals surface area (Å²) in [6.07, 6.45) is 10.2. The fourth-order valence-corrected chi connectivity index (χ4v) is 10.4. The molecular weight excluding hydrogens is 841 g/mol. The number of hydrogen-bond donors (Lipinski definition) is 0. The highest BCUT2D eigenvalue weighted by atomic mass is 15.2. The Morgan fingerprint density at radius 2 is 1.10 bits per heavy atom. The van der Waals surface area contributed by atoms with E-state index in [4.69, 9.17) is 0 Å². The van der Waals surface area contributed by atoms with Gasteiger partial charge in [0.1, 0.15) is 34.9 Å². The van der Waals surface area contributed by atoms with Gasteiger partial charge in [0.25, 0.3) is 0 Å². The van der Waals surface area contributed by atoms with Crippen LogP contribution in [0.3, 0.4) is 0 Å². The summed E-state index contributed by atoms with van der Waals surface area (Å²) in [5, 5.41) is 38.3. The summed E-state index contributed by atoms with van der Waals surface area (Å²) in [5.41, 5.74) is 15.9. The van der Waals surface area contributed by atoms with Crippen LogP contribution in [0.5, 0.6) is 0 Å². The maximum Gasteiger partial charge on any atom is 0.104 e.